The summed E-state index contributed by atoms with van der Waals surface area (Å²) in [5.74, 6) is 0. The van der Waals surface area contributed by atoms with Gasteiger partial charge in [-0.2, -0.15) is 0 Å². The van der Waals surface area contributed by atoms with Crippen molar-refractivity contribution in [1.29, 1.82) is 0 Å². The first-order chi connectivity index (χ1) is 6.24. The van der Waals surface area contributed by atoms with Crippen LogP contribution in [0.15, 0.2) is 0 Å². The van der Waals surface area contributed by atoms with Crippen LogP contribution in [0.2, 0.25) is 0 Å². The Morgan fingerprint density at radius 2 is 0.571 bits per heavy atom. The fraction of sp³-hybridized carbons (Fsp3) is 0. The third-order valence-corrected chi connectivity index (χ3v) is 42.0. The molecule has 0 radical (unpaired) electrons. The third-order valence-electron chi connectivity index (χ3n) is 1.20. The molecule has 14 heteroatoms. The Kier molecular flexibility index (Phi) is 2.24. The SMILES string of the molecule is [O]=[Nb]12[O][Nb]3(=[O])[O][Nb](=[O])([O]1)[O][Nb](=[O])([O]2)[O]3. The summed E-state index contributed by atoms with van der Waals surface area (Å²) < 4.78 is 71.9. The van der Waals surface area contributed by atoms with Gasteiger partial charge in [0.1, 0.15) is 0 Å². The van der Waals surface area contributed by atoms with Crippen LogP contribution in [0.3, 0.4) is 0 Å². The second-order valence-electron chi connectivity index (χ2n) is 2.28. The van der Waals surface area contributed by atoms with Crippen LogP contribution in [0.1, 0.15) is 0 Å². The summed E-state index contributed by atoms with van der Waals surface area (Å²) in [7, 11) is 0. The first-order valence-electron chi connectivity index (χ1n) is 2.92. The second kappa shape index (κ2) is 2.84. The summed E-state index contributed by atoms with van der Waals surface area (Å²) in [6, 6.07) is 0. The van der Waals surface area contributed by atoms with E-state index in [-0.39, 0.29) is 0 Å². The van der Waals surface area contributed by atoms with Crippen molar-refractivity contribution in [3.05, 3.63) is 0 Å². The zero-order valence-electron chi connectivity index (χ0n) is 5.87. The third kappa shape index (κ3) is 1.62. The van der Waals surface area contributed by atoms with Crippen LogP contribution in [0, 0.1) is 0 Å². The van der Waals surface area contributed by atoms with E-state index in [1.807, 2.05) is 0 Å². The molecule has 4 aliphatic rings. The van der Waals surface area contributed by atoms with Gasteiger partial charge in [0.25, 0.3) is 0 Å². The normalized spacial score (nSPS) is 65.7. The molecule has 4 rings (SSSR count). The van der Waals surface area contributed by atoms with E-state index in [0.717, 1.165) is 0 Å². The molecule has 0 aromatic heterocycles. The van der Waals surface area contributed by atoms with Crippen LogP contribution in [-0.2, 0) is 96.7 Å². The Labute approximate surface area is 95.1 Å². The van der Waals surface area contributed by atoms with Crippen LogP contribution in [0.5, 0.6) is 0 Å². The quantitative estimate of drug-likeness (QED) is 0.364. The first-order valence-corrected chi connectivity index (χ1v) is 17.3. The van der Waals surface area contributed by atoms with Crippen molar-refractivity contribution in [2.75, 3.05) is 0 Å². The van der Waals surface area contributed by atoms with Crippen molar-refractivity contribution in [3.8, 4) is 0 Å². The molecule has 0 aromatic rings. The summed E-state index contributed by atoms with van der Waals surface area (Å²) in [5, 5.41) is 0. The molecule has 0 aliphatic carbocycles. The van der Waals surface area contributed by atoms with E-state index < -0.39 is 73.2 Å². The molecule has 0 spiro atoms. The van der Waals surface area contributed by atoms with Crippen molar-refractivity contribution < 1.29 is 96.7 Å². The Morgan fingerprint density at radius 3 is 0.714 bits per heavy atom. The van der Waals surface area contributed by atoms with Crippen LogP contribution < -0.4 is 0 Å². The molecule has 4 fully saturated rings. The van der Waals surface area contributed by atoms with Gasteiger partial charge in [0.15, 0.2) is 0 Å². The van der Waals surface area contributed by atoms with Crippen molar-refractivity contribution in [2.24, 2.45) is 0 Å². The zero-order chi connectivity index (χ0) is 10.2. The van der Waals surface area contributed by atoms with Crippen LogP contribution >= 0.6 is 0 Å². The molecule has 14 heavy (non-hydrogen) atoms. The van der Waals surface area contributed by atoms with E-state index in [9.17, 15) is 13.0 Å². The van der Waals surface area contributed by atoms with Gasteiger partial charge >= 0.3 is 96.7 Å². The summed E-state index contributed by atoms with van der Waals surface area (Å²) in [4.78, 5) is 0. The fourth-order valence-corrected chi connectivity index (χ4v) is 62.8. The molecule has 0 N–H and O–H groups in total. The molecular weight excluding hydrogens is 532 g/mol. The summed E-state index contributed by atoms with van der Waals surface area (Å²) in [6.07, 6.45) is 0. The minimum atomic E-state index is -5.28. The van der Waals surface area contributed by atoms with Crippen LogP contribution in [0.25, 0.3) is 0 Å². The van der Waals surface area contributed by atoms with Crippen molar-refractivity contribution in [2.45, 2.75) is 0 Å². The minimum absolute atomic E-state index is 4.35. The molecule has 10 nitrogen and oxygen atoms in total. The summed E-state index contributed by atoms with van der Waals surface area (Å²) in [6.45, 7) is 0. The average Bonchev–Trinajstić information content (AvgIpc) is 1.67. The van der Waals surface area contributed by atoms with E-state index in [2.05, 4.69) is 10.5 Å². The molecule has 4 bridgehead atoms. The van der Waals surface area contributed by atoms with E-state index in [0.29, 0.717) is 0 Å². The first kappa shape index (κ1) is 11.0. The Bertz CT molecular complexity index is 344. The fourth-order valence-electron chi connectivity index (χ4n) is 0.914. The standard InChI is InChI=1S/4Nb.10O. The van der Waals surface area contributed by atoms with E-state index >= 15 is 0 Å². The number of rotatable bonds is 0. The molecule has 0 unspecified atom stereocenters. The molecule has 80 valence electrons. The van der Waals surface area contributed by atoms with Gasteiger partial charge in [-0.1, -0.05) is 0 Å². The second-order valence-corrected chi connectivity index (χ2v) is 27.7. The molecule has 4 heterocycles. The Balaban J connectivity index is 2.27. The average molecular weight is 532 g/mol. The summed E-state index contributed by atoms with van der Waals surface area (Å²) >= 11 is -21.1. The topological polar surface area (TPSA) is 124 Å². The van der Waals surface area contributed by atoms with Gasteiger partial charge in [-0.05, 0) is 0 Å². The number of hydrogen-bond acceptors (Lipinski definition) is 10. The van der Waals surface area contributed by atoms with Gasteiger partial charge in [-0.15, -0.1) is 0 Å². The predicted molar refractivity (Wildman–Crippen MR) is 9.26 cm³/mol. The molecular formula is Nb4O10. The van der Waals surface area contributed by atoms with E-state index in [1.165, 1.54) is 0 Å². The van der Waals surface area contributed by atoms with Gasteiger partial charge in [-0.25, -0.2) is 0 Å². The van der Waals surface area contributed by atoms with Crippen molar-refractivity contribution in [3.63, 3.8) is 0 Å². The van der Waals surface area contributed by atoms with E-state index in [4.69, 9.17) is 0 Å². The van der Waals surface area contributed by atoms with E-state index in [1.54, 1.807) is 0 Å². The summed E-state index contributed by atoms with van der Waals surface area (Å²) in [5.41, 5.74) is 0. The van der Waals surface area contributed by atoms with Gasteiger partial charge < -0.3 is 0 Å². The van der Waals surface area contributed by atoms with Gasteiger partial charge in [0, 0.05) is 0 Å². The Morgan fingerprint density at radius 1 is 0.429 bits per heavy atom. The maximum atomic E-state index is 11.5. The Hall–Kier alpha value is 1.92. The molecule has 0 amide bonds. The van der Waals surface area contributed by atoms with Crippen molar-refractivity contribution >= 4 is 0 Å². The van der Waals surface area contributed by atoms with Crippen LogP contribution in [0.4, 0.5) is 0 Å². The monoisotopic (exact) mass is 532 g/mol. The maximum absolute atomic E-state index is 11.5. The molecule has 0 atom stereocenters. The van der Waals surface area contributed by atoms with Gasteiger partial charge in [0.05, 0.1) is 0 Å². The molecule has 4 saturated heterocycles. The molecule has 4 aliphatic heterocycles. The van der Waals surface area contributed by atoms with Gasteiger partial charge in [0.2, 0.25) is 0 Å². The predicted octanol–water partition coefficient (Wildman–Crippen LogP) is -0.896. The molecule has 0 saturated carbocycles. The zero-order valence-corrected chi connectivity index (χ0v) is 14.7. The molecule has 0 aromatic carbocycles. The van der Waals surface area contributed by atoms with Crippen molar-refractivity contribution in [1.82, 2.24) is 0 Å². The number of hydrogen-bond donors (Lipinski definition) is 0. The van der Waals surface area contributed by atoms with Crippen LogP contribution in [-0.4, -0.2) is 0 Å². The van der Waals surface area contributed by atoms with Gasteiger partial charge in [-0.3, -0.25) is 0 Å².